The summed E-state index contributed by atoms with van der Waals surface area (Å²) in [4.78, 5) is 21.3. The predicted octanol–water partition coefficient (Wildman–Crippen LogP) is 1.37. The minimum absolute atomic E-state index is 0.0333. The summed E-state index contributed by atoms with van der Waals surface area (Å²) in [5.41, 5.74) is 0. The van der Waals surface area contributed by atoms with Crippen molar-refractivity contribution in [3.63, 3.8) is 0 Å². The van der Waals surface area contributed by atoms with Crippen molar-refractivity contribution in [3.05, 3.63) is 0 Å². The van der Waals surface area contributed by atoms with Crippen LogP contribution in [0.15, 0.2) is 0 Å². The van der Waals surface area contributed by atoms with Crippen LogP contribution in [0.25, 0.3) is 0 Å². The molecule has 0 aromatic rings. The van der Waals surface area contributed by atoms with Crippen LogP contribution in [0.1, 0.15) is 19.3 Å². The number of terminal acetylenes is 1. The van der Waals surface area contributed by atoms with Crippen molar-refractivity contribution in [1.82, 2.24) is 5.32 Å². The topological polar surface area (TPSA) is 66.4 Å². The number of amides is 1. The minimum Gasteiger partial charge on any atom is -0.481 e. The fourth-order valence-corrected chi connectivity index (χ4v) is 2.64. The number of carbonyl (C=O) groups is 2. The Morgan fingerprint density at radius 2 is 1.94 bits per heavy atom. The predicted molar refractivity (Wildman–Crippen MR) is 68.2 cm³/mol. The molecule has 0 aromatic heterocycles. The summed E-state index contributed by atoms with van der Waals surface area (Å²) in [5, 5.41) is 11.1. The first kappa shape index (κ1) is 15.2. The van der Waals surface area contributed by atoms with Crippen molar-refractivity contribution in [2.24, 2.45) is 0 Å². The molecule has 0 aliphatic carbocycles. The average Bonchev–Trinajstić information content (AvgIpc) is 2.24. The maximum atomic E-state index is 11.1. The van der Waals surface area contributed by atoms with Crippen molar-refractivity contribution in [2.45, 2.75) is 19.3 Å². The molecule has 0 atom stereocenters. The Kier molecular flexibility index (Phi) is 10.2. The van der Waals surface area contributed by atoms with Gasteiger partial charge in [-0.2, -0.15) is 0 Å². The third-order valence-electron chi connectivity index (χ3n) is 1.49. The molecule has 0 fully saturated rings. The highest BCUT2D eigenvalue weighted by molar-refractivity contribution is 8.76. The molecule has 0 bridgehead atoms. The summed E-state index contributed by atoms with van der Waals surface area (Å²) in [6.07, 6.45) is 6.03. The first-order chi connectivity index (χ1) is 7.66. The smallest absolute Gasteiger partial charge is 0.304 e. The van der Waals surface area contributed by atoms with Crippen LogP contribution in [0, 0.1) is 12.3 Å². The molecule has 0 aliphatic rings. The molecule has 0 heterocycles. The van der Waals surface area contributed by atoms with Gasteiger partial charge < -0.3 is 10.4 Å². The van der Waals surface area contributed by atoms with Crippen LogP contribution < -0.4 is 5.32 Å². The molecule has 0 spiro atoms. The van der Waals surface area contributed by atoms with Gasteiger partial charge in [-0.15, -0.1) is 12.3 Å². The van der Waals surface area contributed by atoms with Gasteiger partial charge in [-0.25, -0.2) is 0 Å². The Morgan fingerprint density at radius 3 is 2.56 bits per heavy atom. The van der Waals surface area contributed by atoms with Gasteiger partial charge in [0.2, 0.25) is 5.91 Å². The van der Waals surface area contributed by atoms with E-state index in [1.807, 2.05) is 0 Å². The number of hydrogen-bond donors (Lipinski definition) is 2. The summed E-state index contributed by atoms with van der Waals surface area (Å²) in [5.74, 6) is 2.94. The molecule has 16 heavy (non-hydrogen) atoms. The number of hydrogen-bond acceptors (Lipinski definition) is 4. The number of carboxylic acid groups (broad SMARTS) is 1. The lowest BCUT2D eigenvalue weighted by molar-refractivity contribution is -0.136. The normalized spacial score (nSPS) is 9.44. The van der Waals surface area contributed by atoms with E-state index in [0.717, 1.165) is 5.75 Å². The molecule has 1 amide bonds. The van der Waals surface area contributed by atoms with Crippen molar-refractivity contribution >= 4 is 33.5 Å². The van der Waals surface area contributed by atoms with Gasteiger partial charge in [-0.05, 0) is 0 Å². The molecule has 2 N–H and O–H groups in total. The number of nitrogens with one attached hydrogen (secondary N) is 1. The quantitative estimate of drug-likeness (QED) is 0.373. The van der Waals surface area contributed by atoms with Crippen LogP contribution >= 0.6 is 21.6 Å². The number of carboxylic acids is 1. The second kappa shape index (κ2) is 10.7. The zero-order chi connectivity index (χ0) is 12.2. The Labute approximate surface area is 103 Å². The monoisotopic (exact) mass is 261 g/mol. The first-order valence-electron chi connectivity index (χ1n) is 4.83. The lowest BCUT2D eigenvalue weighted by Gasteiger charge is -2.02. The molecular weight excluding hydrogens is 246 g/mol. The summed E-state index contributed by atoms with van der Waals surface area (Å²) in [7, 11) is 3.06. The fraction of sp³-hybridized carbons (Fsp3) is 0.600. The first-order valence-corrected chi connectivity index (χ1v) is 7.32. The molecule has 4 nitrogen and oxygen atoms in total. The molecular formula is C10H15NO3S2. The van der Waals surface area contributed by atoms with Crippen molar-refractivity contribution in [1.29, 1.82) is 0 Å². The Bertz CT molecular complexity index is 263. The highest BCUT2D eigenvalue weighted by Gasteiger charge is 1.99. The van der Waals surface area contributed by atoms with Crippen LogP contribution in [0.4, 0.5) is 0 Å². The van der Waals surface area contributed by atoms with Gasteiger partial charge in [0.25, 0.3) is 0 Å². The van der Waals surface area contributed by atoms with E-state index in [2.05, 4.69) is 11.2 Å². The van der Waals surface area contributed by atoms with Gasteiger partial charge in [0.1, 0.15) is 0 Å². The second-order valence-corrected chi connectivity index (χ2v) is 5.54. The molecule has 0 saturated heterocycles. The van der Waals surface area contributed by atoms with E-state index < -0.39 is 5.97 Å². The SMILES string of the molecule is C#CCCC(=O)NCCSSCCC(=O)O. The molecule has 0 unspecified atom stereocenters. The van der Waals surface area contributed by atoms with Gasteiger partial charge in [-0.1, -0.05) is 21.6 Å². The summed E-state index contributed by atoms with van der Waals surface area (Å²) < 4.78 is 0. The highest BCUT2D eigenvalue weighted by atomic mass is 33.1. The Morgan fingerprint density at radius 1 is 1.25 bits per heavy atom. The van der Waals surface area contributed by atoms with Crippen LogP contribution in [-0.4, -0.2) is 35.0 Å². The third-order valence-corrected chi connectivity index (χ3v) is 3.89. The van der Waals surface area contributed by atoms with Crippen molar-refractivity contribution < 1.29 is 14.7 Å². The summed E-state index contributed by atoms with van der Waals surface area (Å²) in [6.45, 7) is 0.591. The van der Waals surface area contributed by atoms with E-state index in [0.29, 0.717) is 25.1 Å². The number of carbonyl (C=O) groups excluding carboxylic acids is 1. The highest BCUT2D eigenvalue weighted by Crippen LogP contribution is 2.20. The van der Waals surface area contributed by atoms with Crippen LogP contribution in [0.2, 0.25) is 0 Å². The molecule has 0 aliphatic heterocycles. The zero-order valence-electron chi connectivity index (χ0n) is 8.90. The standard InChI is InChI=1S/C10H15NO3S2/c1-2-3-4-9(12)11-6-8-16-15-7-5-10(13)14/h1H,3-8H2,(H,11,12)(H,13,14). The lowest BCUT2D eigenvalue weighted by atomic mass is 10.3. The number of aliphatic carboxylic acids is 1. The van der Waals surface area contributed by atoms with Gasteiger partial charge in [0.15, 0.2) is 0 Å². The van der Waals surface area contributed by atoms with E-state index in [1.165, 1.54) is 10.8 Å². The van der Waals surface area contributed by atoms with Gasteiger partial charge >= 0.3 is 5.97 Å². The van der Waals surface area contributed by atoms with Crippen LogP contribution in [0.3, 0.4) is 0 Å². The number of rotatable bonds is 9. The molecule has 0 radical (unpaired) electrons. The molecule has 0 rings (SSSR count). The van der Waals surface area contributed by atoms with Gasteiger partial charge in [0, 0.05) is 30.9 Å². The summed E-state index contributed by atoms with van der Waals surface area (Å²) >= 11 is 0. The van der Waals surface area contributed by atoms with Crippen LogP contribution in [-0.2, 0) is 9.59 Å². The van der Waals surface area contributed by atoms with E-state index in [9.17, 15) is 9.59 Å². The zero-order valence-corrected chi connectivity index (χ0v) is 10.5. The Balaban J connectivity index is 3.18. The minimum atomic E-state index is -0.782. The molecule has 0 aromatic carbocycles. The molecule has 90 valence electrons. The maximum Gasteiger partial charge on any atom is 0.304 e. The molecule has 0 saturated carbocycles. The Hall–Kier alpha value is -0.800. The van der Waals surface area contributed by atoms with E-state index >= 15 is 0 Å². The second-order valence-electron chi connectivity index (χ2n) is 2.84. The van der Waals surface area contributed by atoms with E-state index in [-0.39, 0.29) is 12.3 Å². The van der Waals surface area contributed by atoms with Crippen molar-refractivity contribution in [3.8, 4) is 12.3 Å². The summed E-state index contributed by atoms with van der Waals surface area (Å²) in [6, 6.07) is 0. The maximum absolute atomic E-state index is 11.1. The van der Waals surface area contributed by atoms with Crippen molar-refractivity contribution in [2.75, 3.05) is 18.1 Å². The lowest BCUT2D eigenvalue weighted by Crippen LogP contribution is -2.25. The average molecular weight is 261 g/mol. The van der Waals surface area contributed by atoms with E-state index in [4.69, 9.17) is 11.5 Å². The van der Waals surface area contributed by atoms with Gasteiger partial charge in [0.05, 0.1) is 6.42 Å². The van der Waals surface area contributed by atoms with E-state index in [1.54, 1.807) is 10.8 Å². The van der Waals surface area contributed by atoms with Gasteiger partial charge in [-0.3, -0.25) is 9.59 Å². The largest absolute Gasteiger partial charge is 0.481 e. The third kappa shape index (κ3) is 11.3. The fourth-order valence-electron chi connectivity index (χ4n) is 0.753. The molecule has 6 heteroatoms. The van der Waals surface area contributed by atoms with Crippen LogP contribution in [0.5, 0.6) is 0 Å².